The van der Waals surface area contributed by atoms with Gasteiger partial charge in [0.05, 0.1) is 0 Å². The second-order valence-electron chi connectivity index (χ2n) is 4.80. The van der Waals surface area contributed by atoms with Gasteiger partial charge in [0.2, 0.25) is 0 Å². The number of nitrogens with zero attached hydrogens (tertiary/aromatic N) is 1. The molecule has 0 N–H and O–H groups in total. The zero-order valence-corrected chi connectivity index (χ0v) is 12.4. The van der Waals surface area contributed by atoms with Crippen molar-refractivity contribution in [2.75, 3.05) is 19.6 Å². The number of benzene rings is 2. The monoisotopic (exact) mass is 269 g/mol. The van der Waals surface area contributed by atoms with Gasteiger partial charge in [-0.1, -0.05) is 50.2 Å². The van der Waals surface area contributed by atoms with E-state index < -0.39 is 0 Å². The molecule has 0 spiro atoms. The summed E-state index contributed by atoms with van der Waals surface area (Å²) in [6.45, 7) is 7.67. The lowest BCUT2D eigenvalue weighted by molar-refractivity contribution is 0.306. The van der Waals surface area contributed by atoms with Crippen molar-refractivity contribution < 1.29 is 4.74 Å². The van der Waals surface area contributed by atoms with Gasteiger partial charge >= 0.3 is 0 Å². The van der Waals surface area contributed by atoms with E-state index in [9.17, 15) is 0 Å². The quantitative estimate of drug-likeness (QED) is 0.740. The molecule has 2 aromatic carbocycles. The Morgan fingerprint density at radius 1 is 0.850 bits per heavy atom. The molecule has 0 radical (unpaired) electrons. The second-order valence-corrected chi connectivity index (χ2v) is 4.80. The molecule has 2 heteroatoms. The predicted octanol–water partition coefficient (Wildman–Crippen LogP) is 4.36. The van der Waals surface area contributed by atoms with Crippen LogP contribution in [-0.2, 0) is 6.42 Å². The molecule has 0 bridgehead atoms. The van der Waals surface area contributed by atoms with Crippen LogP contribution >= 0.6 is 0 Å². The molecule has 20 heavy (non-hydrogen) atoms. The SMILES string of the molecule is CCN(CC)CCc1ccccc1Oc1ccccc1. The fourth-order valence-corrected chi connectivity index (χ4v) is 2.24. The Hall–Kier alpha value is -1.80. The van der Waals surface area contributed by atoms with Crippen molar-refractivity contribution >= 4 is 0 Å². The third-order valence-electron chi connectivity index (χ3n) is 3.54. The maximum Gasteiger partial charge on any atom is 0.130 e. The van der Waals surface area contributed by atoms with Crippen LogP contribution in [0.2, 0.25) is 0 Å². The van der Waals surface area contributed by atoms with Crippen molar-refractivity contribution in [1.29, 1.82) is 0 Å². The van der Waals surface area contributed by atoms with E-state index in [0.29, 0.717) is 0 Å². The molecule has 0 atom stereocenters. The molecule has 0 saturated heterocycles. The normalized spacial score (nSPS) is 10.8. The third-order valence-corrected chi connectivity index (χ3v) is 3.54. The van der Waals surface area contributed by atoms with Crippen LogP contribution in [0.4, 0.5) is 0 Å². The van der Waals surface area contributed by atoms with Crippen LogP contribution in [0.15, 0.2) is 54.6 Å². The van der Waals surface area contributed by atoms with E-state index in [1.165, 1.54) is 5.56 Å². The van der Waals surface area contributed by atoms with E-state index in [2.05, 4.69) is 30.9 Å². The van der Waals surface area contributed by atoms with Crippen molar-refractivity contribution in [1.82, 2.24) is 4.90 Å². The fourth-order valence-electron chi connectivity index (χ4n) is 2.24. The lowest BCUT2D eigenvalue weighted by atomic mass is 10.1. The number of hydrogen-bond donors (Lipinski definition) is 0. The first kappa shape index (κ1) is 14.6. The molecule has 0 aliphatic carbocycles. The summed E-state index contributed by atoms with van der Waals surface area (Å²) in [5.74, 6) is 1.86. The van der Waals surface area contributed by atoms with Crippen LogP contribution in [0.3, 0.4) is 0 Å². The number of rotatable bonds is 7. The van der Waals surface area contributed by atoms with Gasteiger partial charge in [0.25, 0.3) is 0 Å². The smallest absolute Gasteiger partial charge is 0.130 e. The van der Waals surface area contributed by atoms with Crippen molar-refractivity contribution in [3.8, 4) is 11.5 Å². The van der Waals surface area contributed by atoms with Gasteiger partial charge in [0.1, 0.15) is 11.5 Å². The summed E-state index contributed by atoms with van der Waals surface area (Å²) < 4.78 is 5.99. The highest BCUT2D eigenvalue weighted by molar-refractivity contribution is 5.37. The van der Waals surface area contributed by atoms with Crippen LogP contribution in [0.25, 0.3) is 0 Å². The summed E-state index contributed by atoms with van der Waals surface area (Å²) in [6, 6.07) is 18.3. The Labute approximate surface area is 122 Å². The van der Waals surface area contributed by atoms with E-state index in [4.69, 9.17) is 4.74 Å². The Bertz CT molecular complexity index is 506. The van der Waals surface area contributed by atoms with E-state index in [1.54, 1.807) is 0 Å². The molecule has 2 nitrogen and oxygen atoms in total. The highest BCUT2D eigenvalue weighted by Crippen LogP contribution is 2.25. The fraction of sp³-hybridized carbons (Fsp3) is 0.333. The third kappa shape index (κ3) is 4.10. The van der Waals surface area contributed by atoms with Gasteiger partial charge in [-0.15, -0.1) is 0 Å². The summed E-state index contributed by atoms with van der Waals surface area (Å²) in [6.07, 6.45) is 1.02. The number of hydrogen-bond acceptors (Lipinski definition) is 2. The minimum atomic E-state index is 0.891. The summed E-state index contributed by atoms with van der Waals surface area (Å²) in [4.78, 5) is 2.43. The Morgan fingerprint density at radius 3 is 2.20 bits per heavy atom. The van der Waals surface area contributed by atoms with Crippen LogP contribution in [-0.4, -0.2) is 24.5 Å². The summed E-state index contributed by atoms with van der Waals surface area (Å²) in [5, 5.41) is 0. The van der Waals surface area contributed by atoms with Crippen LogP contribution in [0.5, 0.6) is 11.5 Å². The average Bonchev–Trinajstić information content (AvgIpc) is 2.51. The van der Waals surface area contributed by atoms with Crippen LogP contribution in [0.1, 0.15) is 19.4 Å². The Morgan fingerprint density at radius 2 is 1.50 bits per heavy atom. The molecule has 0 unspecified atom stereocenters. The molecular formula is C18H23NO. The van der Waals surface area contributed by atoms with Crippen molar-refractivity contribution in [3.05, 3.63) is 60.2 Å². The zero-order valence-electron chi connectivity index (χ0n) is 12.4. The lowest BCUT2D eigenvalue weighted by Gasteiger charge is -2.19. The van der Waals surface area contributed by atoms with Crippen molar-refractivity contribution in [3.63, 3.8) is 0 Å². The first-order valence-corrected chi connectivity index (χ1v) is 7.36. The number of likely N-dealkylation sites (N-methyl/N-ethyl adjacent to an activating group) is 1. The highest BCUT2D eigenvalue weighted by Gasteiger charge is 2.06. The van der Waals surface area contributed by atoms with E-state index >= 15 is 0 Å². The van der Waals surface area contributed by atoms with Gasteiger partial charge in [-0.3, -0.25) is 0 Å². The number of para-hydroxylation sites is 2. The van der Waals surface area contributed by atoms with E-state index in [0.717, 1.165) is 37.6 Å². The van der Waals surface area contributed by atoms with E-state index in [-0.39, 0.29) is 0 Å². The summed E-state index contributed by atoms with van der Waals surface area (Å²) in [5.41, 5.74) is 1.27. The first-order valence-electron chi connectivity index (χ1n) is 7.36. The molecule has 0 saturated carbocycles. The Balaban J connectivity index is 2.06. The molecule has 0 aromatic heterocycles. The van der Waals surface area contributed by atoms with Gasteiger partial charge in [-0.05, 0) is 43.3 Å². The summed E-state index contributed by atoms with van der Waals surface area (Å²) >= 11 is 0. The second kappa shape index (κ2) is 7.71. The van der Waals surface area contributed by atoms with Gasteiger partial charge in [0, 0.05) is 6.54 Å². The molecule has 2 rings (SSSR count). The molecule has 106 valence electrons. The Kier molecular flexibility index (Phi) is 5.63. The highest BCUT2D eigenvalue weighted by atomic mass is 16.5. The largest absolute Gasteiger partial charge is 0.457 e. The minimum absolute atomic E-state index is 0.891. The van der Waals surface area contributed by atoms with Crippen molar-refractivity contribution in [2.45, 2.75) is 20.3 Å². The van der Waals surface area contributed by atoms with Gasteiger partial charge in [-0.25, -0.2) is 0 Å². The lowest BCUT2D eigenvalue weighted by Crippen LogP contribution is -2.25. The standard InChI is InChI=1S/C18H23NO/c1-3-19(4-2)15-14-16-10-8-9-13-18(16)20-17-11-6-5-7-12-17/h5-13H,3-4,14-15H2,1-2H3. The van der Waals surface area contributed by atoms with Gasteiger partial charge < -0.3 is 9.64 Å². The van der Waals surface area contributed by atoms with Gasteiger partial charge in [0.15, 0.2) is 0 Å². The zero-order chi connectivity index (χ0) is 14.2. The molecule has 0 aliphatic heterocycles. The predicted molar refractivity (Wildman–Crippen MR) is 84.5 cm³/mol. The first-order chi connectivity index (χ1) is 9.83. The minimum Gasteiger partial charge on any atom is -0.457 e. The van der Waals surface area contributed by atoms with Crippen LogP contribution in [0, 0.1) is 0 Å². The van der Waals surface area contributed by atoms with Crippen molar-refractivity contribution in [2.24, 2.45) is 0 Å². The number of ether oxygens (including phenoxy) is 1. The molecule has 2 aromatic rings. The van der Waals surface area contributed by atoms with E-state index in [1.807, 2.05) is 42.5 Å². The molecular weight excluding hydrogens is 246 g/mol. The maximum atomic E-state index is 5.99. The maximum absolute atomic E-state index is 5.99. The molecule has 0 aliphatic rings. The average molecular weight is 269 g/mol. The van der Waals surface area contributed by atoms with Crippen LogP contribution < -0.4 is 4.74 Å². The van der Waals surface area contributed by atoms with Gasteiger partial charge in [-0.2, -0.15) is 0 Å². The molecule has 0 heterocycles. The molecule has 0 fully saturated rings. The summed E-state index contributed by atoms with van der Waals surface area (Å²) in [7, 11) is 0. The topological polar surface area (TPSA) is 12.5 Å². The molecule has 0 amide bonds.